The van der Waals surface area contributed by atoms with Gasteiger partial charge in [0.25, 0.3) is 5.56 Å². The highest BCUT2D eigenvalue weighted by Gasteiger charge is 2.23. The van der Waals surface area contributed by atoms with E-state index in [9.17, 15) is 23.2 Å². The Bertz CT molecular complexity index is 1570. The summed E-state index contributed by atoms with van der Waals surface area (Å²) in [6.07, 6.45) is 0. The van der Waals surface area contributed by atoms with Gasteiger partial charge in [-0.2, -0.15) is 15.2 Å². The molecule has 0 aliphatic carbocycles. The lowest BCUT2D eigenvalue weighted by atomic mass is 10.2. The molecule has 0 aliphatic heterocycles. The molecule has 4 aromatic rings. The highest BCUT2D eigenvalue weighted by atomic mass is 32.2. The van der Waals surface area contributed by atoms with Crippen molar-refractivity contribution < 1.29 is 13.2 Å². The molecular formula is C21H16FN8O3S-. The van der Waals surface area contributed by atoms with Crippen molar-refractivity contribution in [2.75, 3.05) is 16.8 Å². The Morgan fingerprint density at radius 2 is 1.91 bits per heavy atom. The van der Waals surface area contributed by atoms with Crippen LogP contribution < -0.4 is 22.3 Å². The van der Waals surface area contributed by atoms with Crippen molar-refractivity contribution in [3.05, 3.63) is 70.0 Å². The van der Waals surface area contributed by atoms with Crippen LogP contribution >= 0.6 is 0 Å². The molecule has 0 saturated heterocycles. The van der Waals surface area contributed by atoms with Crippen molar-refractivity contribution in [1.82, 2.24) is 19.5 Å². The summed E-state index contributed by atoms with van der Waals surface area (Å²) in [6.45, 7) is 1.59. The fraction of sp³-hybridized carbons (Fsp3) is 0.0952. The molecule has 0 aliphatic rings. The minimum absolute atomic E-state index is 0.0103. The first kappa shape index (κ1) is 22.8. The molecule has 2 aromatic heterocycles. The molecule has 172 valence electrons. The lowest BCUT2D eigenvalue weighted by Gasteiger charge is -2.21. The van der Waals surface area contributed by atoms with E-state index in [1.54, 1.807) is 6.92 Å². The highest BCUT2D eigenvalue weighted by molar-refractivity contribution is 7.79. The van der Waals surface area contributed by atoms with Gasteiger partial charge in [-0.1, -0.05) is 18.2 Å². The number of hydrogen-bond acceptors (Lipinski definition) is 10. The molecule has 11 nitrogen and oxygen atoms in total. The quantitative estimate of drug-likeness (QED) is 0.356. The van der Waals surface area contributed by atoms with Gasteiger partial charge in [-0.3, -0.25) is 13.6 Å². The summed E-state index contributed by atoms with van der Waals surface area (Å²) in [5.74, 6) is -1.05. The van der Waals surface area contributed by atoms with Crippen LogP contribution in [0.3, 0.4) is 0 Å². The minimum Gasteiger partial charge on any atom is -0.768 e. The number of nitrogens with two attached hydrogens (primary N) is 2. The summed E-state index contributed by atoms with van der Waals surface area (Å²) in [6, 6.07) is 10.7. The maximum atomic E-state index is 14.8. The largest absolute Gasteiger partial charge is 0.768 e. The van der Waals surface area contributed by atoms with Crippen molar-refractivity contribution in [2.24, 2.45) is 0 Å². The van der Waals surface area contributed by atoms with Crippen molar-refractivity contribution in [3.63, 3.8) is 0 Å². The molecule has 13 heteroatoms. The van der Waals surface area contributed by atoms with E-state index >= 15 is 0 Å². The molecular weight excluding hydrogens is 463 g/mol. The van der Waals surface area contributed by atoms with Crippen LogP contribution in [-0.2, 0) is 11.1 Å². The van der Waals surface area contributed by atoms with Crippen molar-refractivity contribution in [2.45, 2.75) is 17.9 Å². The van der Waals surface area contributed by atoms with Crippen LogP contribution in [0.5, 0.6) is 0 Å². The Hall–Kier alpha value is -4.41. The monoisotopic (exact) mass is 479 g/mol. The number of fused-ring (bicyclic) bond motifs is 1. The number of nitrogens with zero attached hydrogens (tertiary/aromatic N) is 5. The van der Waals surface area contributed by atoms with Gasteiger partial charge >= 0.3 is 0 Å². The molecule has 5 N–H and O–H groups in total. The van der Waals surface area contributed by atoms with Gasteiger partial charge in [0, 0.05) is 4.90 Å². The van der Waals surface area contributed by atoms with Gasteiger partial charge < -0.3 is 21.3 Å². The topological polar surface area (TPSA) is 189 Å². The first-order valence-electron chi connectivity index (χ1n) is 9.72. The van der Waals surface area contributed by atoms with Crippen molar-refractivity contribution in [1.29, 1.82) is 5.26 Å². The van der Waals surface area contributed by atoms with E-state index in [2.05, 4.69) is 20.3 Å². The van der Waals surface area contributed by atoms with Crippen molar-refractivity contribution >= 4 is 39.6 Å². The van der Waals surface area contributed by atoms with Crippen LogP contribution in [0.25, 0.3) is 16.6 Å². The summed E-state index contributed by atoms with van der Waals surface area (Å²) in [5, 5.41) is 12.2. The molecule has 0 fully saturated rings. The normalized spacial score (nSPS) is 12.8. The van der Waals surface area contributed by atoms with Crippen LogP contribution in [-0.4, -0.2) is 28.3 Å². The number of para-hydroxylation sites is 1. The first-order chi connectivity index (χ1) is 16.2. The second-order valence-corrected chi connectivity index (χ2v) is 8.02. The summed E-state index contributed by atoms with van der Waals surface area (Å²) >= 11 is -2.74. The molecule has 2 aromatic carbocycles. The summed E-state index contributed by atoms with van der Waals surface area (Å²) < 4.78 is 39.3. The number of hydrogen-bond donors (Lipinski definition) is 3. The highest BCUT2D eigenvalue weighted by Crippen LogP contribution is 2.27. The third kappa shape index (κ3) is 3.91. The lowest BCUT2D eigenvalue weighted by molar-refractivity contribution is 0.538. The molecule has 0 bridgehead atoms. The fourth-order valence-corrected chi connectivity index (χ4v) is 4.04. The van der Waals surface area contributed by atoms with Crippen LogP contribution in [0.15, 0.2) is 52.2 Å². The van der Waals surface area contributed by atoms with E-state index in [1.165, 1.54) is 36.4 Å². The Balaban J connectivity index is 2.00. The van der Waals surface area contributed by atoms with E-state index in [0.29, 0.717) is 0 Å². The maximum Gasteiger partial charge on any atom is 0.267 e. The van der Waals surface area contributed by atoms with Crippen molar-refractivity contribution in [3.8, 4) is 11.8 Å². The Labute approximate surface area is 194 Å². The number of benzene rings is 2. The maximum absolute atomic E-state index is 14.8. The second kappa shape index (κ2) is 8.85. The van der Waals surface area contributed by atoms with Crippen LogP contribution in [0, 0.1) is 17.1 Å². The van der Waals surface area contributed by atoms with Gasteiger partial charge in [0.05, 0.1) is 22.6 Å². The Morgan fingerprint density at radius 3 is 2.59 bits per heavy atom. The van der Waals surface area contributed by atoms with Gasteiger partial charge in [0.15, 0.2) is 5.82 Å². The zero-order valence-corrected chi connectivity index (χ0v) is 18.3. The van der Waals surface area contributed by atoms with Gasteiger partial charge in [0.2, 0.25) is 5.95 Å². The van der Waals surface area contributed by atoms with Gasteiger partial charge in [0.1, 0.15) is 29.1 Å². The first-order valence-corrected chi connectivity index (χ1v) is 10.8. The summed E-state index contributed by atoms with van der Waals surface area (Å²) in [7, 11) is 0. The minimum atomic E-state index is -2.74. The third-order valence-corrected chi connectivity index (χ3v) is 5.66. The molecule has 2 heterocycles. The number of halogens is 1. The van der Waals surface area contributed by atoms with Crippen LogP contribution in [0.2, 0.25) is 0 Å². The molecule has 2 unspecified atom stereocenters. The van der Waals surface area contributed by atoms with Gasteiger partial charge in [-0.15, -0.1) is 0 Å². The fourth-order valence-electron chi connectivity index (χ4n) is 3.49. The molecule has 0 spiro atoms. The predicted molar refractivity (Wildman–Crippen MR) is 122 cm³/mol. The molecule has 0 radical (unpaired) electrons. The number of anilines is 3. The lowest BCUT2D eigenvalue weighted by Crippen LogP contribution is -2.29. The molecule has 2 atom stereocenters. The molecule has 34 heavy (non-hydrogen) atoms. The number of nitriles is 1. The van der Waals surface area contributed by atoms with E-state index in [0.717, 1.165) is 10.6 Å². The Kier molecular flexibility index (Phi) is 5.93. The standard InChI is InChI=1S/C21H17FN8O3S/c1-10(26-18-11(9-23)17(24)28-21(25)29-18)19-27-13-6-4-8-15(34(32)33)16(13)20(31)30(19)14-7-3-2-5-12(14)22/h2-8,10H,1H3,(H,32,33)(H5,24,25,26,28,29)/p-1. The summed E-state index contributed by atoms with van der Waals surface area (Å²) in [4.78, 5) is 25.5. The van der Waals surface area contributed by atoms with E-state index < -0.39 is 28.5 Å². The molecule has 4 rings (SSSR count). The van der Waals surface area contributed by atoms with Gasteiger partial charge in [-0.25, -0.2) is 9.37 Å². The Morgan fingerprint density at radius 1 is 1.18 bits per heavy atom. The smallest absolute Gasteiger partial charge is 0.267 e. The van der Waals surface area contributed by atoms with Crippen LogP contribution in [0.1, 0.15) is 24.4 Å². The zero-order valence-electron chi connectivity index (χ0n) is 17.5. The van der Waals surface area contributed by atoms with Crippen LogP contribution in [0.4, 0.5) is 22.0 Å². The van der Waals surface area contributed by atoms with E-state index in [4.69, 9.17) is 11.5 Å². The predicted octanol–water partition coefficient (Wildman–Crippen LogP) is 1.76. The number of aromatic nitrogens is 4. The van der Waals surface area contributed by atoms with E-state index in [1.807, 2.05) is 6.07 Å². The van der Waals surface area contributed by atoms with E-state index in [-0.39, 0.29) is 50.5 Å². The summed E-state index contributed by atoms with van der Waals surface area (Å²) in [5.41, 5.74) is 10.5. The average Bonchev–Trinajstić information content (AvgIpc) is 2.79. The number of nitrogen functional groups attached to an aromatic ring is 2. The SMILES string of the molecule is CC(Nc1nc(N)nc(N)c1C#N)c1nc2cccc(S(=O)[O-])c2c(=O)n1-c1ccccc1F. The molecule has 0 amide bonds. The number of nitrogens with one attached hydrogen (secondary N) is 1. The van der Waals surface area contributed by atoms with Gasteiger partial charge in [-0.05, 0) is 42.3 Å². The molecule has 0 saturated carbocycles. The zero-order chi connectivity index (χ0) is 24.6. The number of rotatable bonds is 5. The average molecular weight is 479 g/mol. The third-order valence-electron chi connectivity index (χ3n) is 4.96. The second-order valence-electron chi connectivity index (χ2n) is 7.12.